The normalized spacial score (nSPS) is 16.0. The third-order valence-corrected chi connectivity index (χ3v) is 5.30. The number of hydrogen-bond acceptors (Lipinski definition) is 6. The minimum absolute atomic E-state index is 0.116. The van der Waals surface area contributed by atoms with Gasteiger partial charge in [-0.2, -0.15) is 0 Å². The molecule has 1 aromatic carbocycles. The first-order valence-corrected chi connectivity index (χ1v) is 9.15. The van der Waals surface area contributed by atoms with Crippen LogP contribution in [0.3, 0.4) is 0 Å². The summed E-state index contributed by atoms with van der Waals surface area (Å²) in [4.78, 5) is 30.3. The monoisotopic (exact) mass is 375 g/mol. The Balaban J connectivity index is 1.69. The largest absolute Gasteiger partial charge is 0.300 e. The van der Waals surface area contributed by atoms with E-state index in [1.165, 1.54) is 28.0 Å². The lowest BCUT2D eigenvalue weighted by Crippen LogP contribution is -2.36. The van der Waals surface area contributed by atoms with Gasteiger partial charge in [-0.1, -0.05) is 53.8 Å². The zero-order valence-electron chi connectivity index (χ0n) is 12.7. The van der Waals surface area contributed by atoms with Gasteiger partial charge < -0.3 is 5.32 Å². The first kappa shape index (κ1) is 16.8. The van der Waals surface area contributed by atoms with Gasteiger partial charge in [-0.25, -0.2) is 4.98 Å². The van der Waals surface area contributed by atoms with Crippen LogP contribution in [0.25, 0.3) is 6.08 Å². The van der Waals surface area contributed by atoms with E-state index in [2.05, 4.69) is 10.3 Å². The minimum atomic E-state index is -0.321. The van der Waals surface area contributed by atoms with Crippen LogP contribution in [0.4, 0.5) is 5.13 Å². The number of carbonyl (C=O) groups excluding carboxylic acids is 2. The molecule has 3 rings (SSSR count). The third-order valence-electron chi connectivity index (χ3n) is 3.23. The summed E-state index contributed by atoms with van der Waals surface area (Å²) in [6.07, 6.45) is 3.39. The molecular formula is C16H13N3O2S3. The number of nitrogens with one attached hydrogen (secondary N) is 1. The minimum Gasteiger partial charge on any atom is -0.300 e. The summed E-state index contributed by atoms with van der Waals surface area (Å²) < 4.78 is 0.382. The van der Waals surface area contributed by atoms with Crippen LogP contribution in [0.1, 0.15) is 11.1 Å². The molecule has 0 unspecified atom stereocenters. The Bertz CT molecular complexity index is 814. The predicted molar refractivity (Wildman–Crippen MR) is 102 cm³/mol. The van der Waals surface area contributed by atoms with E-state index in [9.17, 15) is 9.59 Å². The highest BCUT2D eigenvalue weighted by atomic mass is 32.2. The molecule has 1 N–H and O–H groups in total. The molecule has 0 radical (unpaired) electrons. The quantitative estimate of drug-likeness (QED) is 0.656. The summed E-state index contributed by atoms with van der Waals surface area (Å²) in [6, 6.07) is 7.84. The number of thiazole rings is 1. The van der Waals surface area contributed by atoms with E-state index in [0.717, 1.165) is 11.1 Å². The molecule has 5 nitrogen and oxygen atoms in total. The van der Waals surface area contributed by atoms with Crippen molar-refractivity contribution in [3.63, 3.8) is 0 Å². The van der Waals surface area contributed by atoms with Crippen molar-refractivity contribution in [2.45, 2.75) is 6.92 Å². The Kier molecular flexibility index (Phi) is 5.08. The van der Waals surface area contributed by atoms with Crippen molar-refractivity contribution in [1.82, 2.24) is 9.88 Å². The Hall–Kier alpha value is -2.03. The van der Waals surface area contributed by atoms with Gasteiger partial charge in [0.2, 0.25) is 5.91 Å². The Morgan fingerprint density at radius 2 is 2.12 bits per heavy atom. The Labute approximate surface area is 152 Å². The smallest absolute Gasteiger partial charge is 0.266 e. The van der Waals surface area contributed by atoms with Crippen molar-refractivity contribution < 1.29 is 9.59 Å². The summed E-state index contributed by atoms with van der Waals surface area (Å²) in [6.45, 7) is 1.89. The van der Waals surface area contributed by atoms with Crippen molar-refractivity contribution in [3.05, 3.63) is 51.9 Å². The molecule has 2 aromatic rings. The Morgan fingerprint density at radius 1 is 1.38 bits per heavy atom. The van der Waals surface area contributed by atoms with Crippen molar-refractivity contribution in [2.75, 3.05) is 11.9 Å². The number of rotatable bonds is 4. The first-order chi connectivity index (χ1) is 11.5. The number of nitrogens with zero attached hydrogens (tertiary/aromatic N) is 2. The number of amides is 2. The second-order valence-electron chi connectivity index (χ2n) is 5.06. The van der Waals surface area contributed by atoms with Crippen molar-refractivity contribution in [1.29, 1.82) is 0 Å². The maximum Gasteiger partial charge on any atom is 0.266 e. The summed E-state index contributed by atoms with van der Waals surface area (Å²) >= 11 is 7.76. The molecule has 1 fully saturated rings. The van der Waals surface area contributed by atoms with Crippen LogP contribution in [-0.4, -0.2) is 32.6 Å². The average molecular weight is 376 g/mol. The van der Waals surface area contributed by atoms with Crippen LogP contribution in [0.2, 0.25) is 0 Å². The van der Waals surface area contributed by atoms with Gasteiger partial charge in [0.05, 0.1) is 4.91 Å². The number of hydrogen-bond donors (Lipinski definition) is 1. The van der Waals surface area contributed by atoms with Crippen LogP contribution in [0.5, 0.6) is 0 Å². The van der Waals surface area contributed by atoms with Gasteiger partial charge in [-0.3, -0.25) is 14.5 Å². The van der Waals surface area contributed by atoms with Crippen molar-refractivity contribution in [2.24, 2.45) is 0 Å². The molecule has 1 aliphatic rings. The molecule has 1 aliphatic heterocycles. The number of benzene rings is 1. The van der Waals surface area contributed by atoms with E-state index in [4.69, 9.17) is 12.2 Å². The molecule has 24 heavy (non-hydrogen) atoms. The molecule has 122 valence electrons. The van der Waals surface area contributed by atoms with Crippen LogP contribution in [0.15, 0.2) is 40.7 Å². The van der Waals surface area contributed by atoms with Crippen LogP contribution < -0.4 is 5.32 Å². The zero-order valence-corrected chi connectivity index (χ0v) is 15.1. The molecule has 1 aromatic heterocycles. The van der Waals surface area contributed by atoms with Crippen molar-refractivity contribution in [3.8, 4) is 0 Å². The lowest BCUT2D eigenvalue weighted by atomic mass is 10.1. The molecule has 0 bridgehead atoms. The molecule has 0 spiro atoms. The van der Waals surface area contributed by atoms with E-state index < -0.39 is 0 Å². The molecule has 2 heterocycles. The fourth-order valence-electron chi connectivity index (χ4n) is 2.04. The van der Waals surface area contributed by atoms with Crippen LogP contribution in [0, 0.1) is 6.92 Å². The van der Waals surface area contributed by atoms with Gasteiger partial charge in [-0.15, -0.1) is 11.3 Å². The highest BCUT2D eigenvalue weighted by molar-refractivity contribution is 8.26. The highest BCUT2D eigenvalue weighted by Crippen LogP contribution is 2.32. The van der Waals surface area contributed by atoms with Gasteiger partial charge in [-0.05, 0) is 18.6 Å². The van der Waals surface area contributed by atoms with Crippen LogP contribution >= 0.6 is 35.3 Å². The maximum absolute atomic E-state index is 12.5. The van der Waals surface area contributed by atoms with Gasteiger partial charge >= 0.3 is 0 Å². The average Bonchev–Trinajstić information content (AvgIpc) is 3.14. The highest BCUT2D eigenvalue weighted by Gasteiger charge is 2.33. The van der Waals surface area contributed by atoms with E-state index >= 15 is 0 Å². The summed E-state index contributed by atoms with van der Waals surface area (Å²) in [5, 5.41) is 4.91. The third kappa shape index (κ3) is 3.89. The SMILES string of the molecule is Cc1ccc(/C=C2\SC(=S)N(CC(=O)Nc3nccs3)C2=O)cc1. The van der Waals surface area contributed by atoms with Gasteiger partial charge in [0.25, 0.3) is 5.91 Å². The summed E-state index contributed by atoms with van der Waals surface area (Å²) in [5.74, 6) is -0.572. The van der Waals surface area contributed by atoms with Gasteiger partial charge in [0, 0.05) is 11.6 Å². The molecule has 0 aliphatic carbocycles. The topological polar surface area (TPSA) is 62.3 Å². The lowest BCUT2D eigenvalue weighted by Gasteiger charge is -2.13. The van der Waals surface area contributed by atoms with Gasteiger partial charge in [0.1, 0.15) is 10.9 Å². The lowest BCUT2D eigenvalue weighted by molar-refractivity contribution is -0.126. The number of aromatic nitrogens is 1. The molecular weight excluding hydrogens is 362 g/mol. The fourth-order valence-corrected chi connectivity index (χ4v) is 3.84. The zero-order chi connectivity index (χ0) is 17.1. The summed E-state index contributed by atoms with van der Waals surface area (Å²) in [5.41, 5.74) is 2.08. The van der Waals surface area contributed by atoms with Crippen molar-refractivity contribution >= 4 is 62.7 Å². The number of thiocarbonyl (C=S) groups is 1. The molecule has 8 heteroatoms. The Morgan fingerprint density at radius 3 is 2.79 bits per heavy atom. The predicted octanol–water partition coefficient (Wildman–Crippen LogP) is 3.29. The fraction of sp³-hybridized carbons (Fsp3) is 0.125. The molecule has 0 atom stereocenters. The van der Waals surface area contributed by atoms with E-state index in [0.29, 0.717) is 14.4 Å². The molecule has 1 saturated heterocycles. The molecule has 0 saturated carbocycles. The number of anilines is 1. The van der Waals surface area contributed by atoms with E-state index in [1.807, 2.05) is 31.2 Å². The number of thioether (sulfide) groups is 1. The second kappa shape index (κ2) is 7.25. The second-order valence-corrected chi connectivity index (χ2v) is 7.63. The van der Waals surface area contributed by atoms with Crippen LogP contribution in [-0.2, 0) is 9.59 Å². The standard InChI is InChI=1S/C16H13N3O2S3/c1-10-2-4-11(5-3-10)8-12-14(21)19(16(22)24-12)9-13(20)18-15-17-6-7-23-15/h2-8H,9H2,1H3,(H,17,18,20)/b12-8-. The number of carbonyl (C=O) groups is 2. The van der Waals surface area contributed by atoms with Gasteiger partial charge in [0.15, 0.2) is 5.13 Å². The maximum atomic E-state index is 12.5. The van der Waals surface area contributed by atoms with E-state index in [-0.39, 0.29) is 18.4 Å². The van der Waals surface area contributed by atoms with E-state index in [1.54, 1.807) is 17.7 Å². The first-order valence-electron chi connectivity index (χ1n) is 7.04. The summed E-state index contributed by atoms with van der Waals surface area (Å²) in [7, 11) is 0. The number of aryl methyl sites for hydroxylation is 1. The molecule has 2 amide bonds.